The lowest BCUT2D eigenvalue weighted by Crippen LogP contribution is -2.51. The number of hydrogen-bond donors (Lipinski definition) is 5. The van der Waals surface area contributed by atoms with Crippen LogP contribution in [-0.2, 0) is 23.8 Å². The van der Waals surface area contributed by atoms with E-state index in [4.69, 9.17) is 24.2 Å². The van der Waals surface area contributed by atoms with Crippen molar-refractivity contribution in [1.82, 2.24) is 40.4 Å². The van der Waals surface area contributed by atoms with Gasteiger partial charge in [0, 0.05) is 44.7 Å². The minimum atomic E-state index is -1.26. The van der Waals surface area contributed by atoms with Crippen molar-refractivity contribution in [3.05, 3.63) is 82.9 Å². The summed E-state index contributed by atoms with van der Waals surface area (Å²) < 4.78 is 50.0. The second-order valence-electron chi connectivity index (χ2n) is 20.6. The number of ether oxygens (including phenoxy) is 3. The number of carboxylic acid groups (broad SMARTS) is 1. The van der Waals surface area contributed by atoms with Crippen molar-refractivity contribution in [3.8, 4) is 0 Å². The van der Waals surface area contributed by atoms with Crippen LogP contribution in [0.3, 0.4) is 0 Å². The number of imidazole rings is 2. The number of rotatable bonds is 12. The van der Waals surface area contributed by atoms with Crippen LogP contribution in [0.25, 0.3) is 22.1 Å². The van der Waals surface area contributed by atoms with E-state index in [1.807, 2.05) is 64.1 Å². The number of nitrogens with zero attached hydrogens (tertiary/aromatic N) is 6. The number of carbonyl (C=O) groups is 4. The van der Waals surface area contributed by atoms with Crippen LogP contribution in [0.5, 0.6) is 0 Å². The minimum Gasteiger partial charge on any atom is -0.465 e. The molecule has 0 saturated carbocycles. The van der Waals surface area contributed by atoms with Gasteiger partial charge in [-0.25, -0.2) is 28.3 Å². The van der Waals surface area contributed by atoms with Gasteiger partial charge in [-0.1, -0.05) is 39.8 Å². The quantitative estimate of drug-likeness (QED) is 0.0802. The zero-order valence-corrected chi connectivity index (χ0v) is 41.4. The Morgan fingerprint density at radius 2 is 1.19 bits per heavy atom. The molecule has 7 heterocycles. The maximum atomic E-state index is 16.7. The number of carbonyl (C=O) groups excluding carboxylic acids is 3. The van der Waals surface area contributed by atoms with E-state index in [0.29, 0.717) is 106 Å². The third-order valence-corrected chi connectivity index (χ3v) is 15.5. The molecule has 1 spiro atoms. The lowest BCUT2D eigenvalue weighted by atomic mass is 10.0. The first-order valence-corrected chi connectivity index (χ1v) is 25.4. The maximum absolute atomic E-state index is 16.7. The van der Waals surface area contributed by atoms with Crippen molar-refractivity contribution < 1.29 is 47.3 Å². The normalized spacial score (nSPS) is 23.0. The number of nitrogens with one attached hydrogen (secondary N) is 4. The second-order valence-corrected chi connectivity index (χ2v) is 20.6. The summed E-state index contributed by atoms with van der Waals surface area (Å²) in [4.78, 5) is 75.9. The summed E-state index contributed by atoms with van der Waals surface area (Å²) in [5, 5.41) is 14.6. The molecule has 384 valence electrons. The molecule has 72 heavy (non-hydrogen) atoms. The third-order valence-electron chi connectivity index (χ3n) is 15.5. The third kappa shape index (κ3) is 9.27. The van der Waals surface area contributed by atoms with E-state index in [-0.39, 0.29) is 53.5 Å². The number of halogens is 2. The molecular formula is C52H64F2N10O8. The minimum absolute atomic E-state index is 0.0760. The molecule has 20 heteroatoms. The van der Waals surface area contributed by atoms with Gasteiger partial charge < -0.3 is 59.5 Å². The highest BCUT2D eigenvalue weighted by Crippen LogP contribution is 2.49. The van der Waals surface area contributed by atoms with E-state index >= 15 is 8.78 Å². The van der Waals surface area contributed by atoms with Crippen LogP contribution in [0.2, 0.25) is 0 Å². The fourth-order valence-electron chi connectivity index (χ4n) is 11.8. The molecule has 5 aromatic rings. The molecular weight excluding hydrogens is 931 g/mol. The van der Waals surface area contributed by atoms with Crippen LogP contribution in [0.4, 0.5) is 29.7 Å². The number of anilines is 2. The number of alkyl carbamates (subject to hydrolysis) is 1. The number of amides is 4. The Morgan fingerprint density at radius 3 is 1.65 bits per heavy atom. The number of benzene rings is 3. The number of likely N-dealkylation sites (tertiary alicyclic amines) is 2. The van der Waals surface area contributed by atoms with Crippen LogP contribution in [0.15, 0.2) is 48.5 Å². The maximum Gasteiger partial charge on any atom is 0.407 e. The zero-order chi connectivity index (χ0) is 50.6. The summed E-state index contributed by atoms with van der Waals surface area (Å²) in [6, 6.07) is 11.8. The fourth-order valence-corrected chi connectivity index (χ4v) is 11.8. The molecule has 6 atom stereocenters. The van der Waals surface area contributed by atoms with Crippen molar-refractivity contribution >= 4 is 57.4 Å². The highest BCUT2D eigenvalue weighted by atomic mass is 19.1. The zero-order valence-electron chi connectivity index (χ0n) is 41.4. The van der Waals surface area contributed by atoms with Gasteiger partial charge in [-0.05, 0) is 97.9 Å². The van der Waals surface area contributed by atoms with E-state index in [1.54, 1.807) is 14.7 Å². The summed E-state index contributed by atoms with van der Waals surface area (Å²) >= 11 is 0. The summed E-state index contributed by atoms with van der Waals surface area (Å²) in [6.07, 6.45) is 3.20. The Balaban J connectivity index is 0.969. The summed E-state index contributed by atoms with van der Waals surface area (Å²) in [7, 11) is 1.27. The van der Waals surface area contributed by atoms with Gasteiger partial charge >= 0.3 is 12.2 Å². The van der Waals surface area contributed by atoms with E-state index in [0.717, 1.165) is 35.0 Å². The molecule has 0 radical (unpaired) electrons. The molecule has 2 aromatic heterocycles. The molecule has 5 saturated heterocycles. The molecule has 10 rings (SSSR count). The Hall–Kier alpha value is -6.54. The predicted octanol–water partition coefficient (Wildman–Crippen LogP) is 8.14. The Labute approximate surface area is 416 Å². The molecule has 18 nitrogen and oxygen atoms in total. The SMILES string of the molecule is COC(=O)N[C@H](C(=O)N1CCC[C@H]1c1nc2cc([C@H]3CC[C@H](c4ccc5[nH]c([C@@H]6CCCN6C(=O)[C@@H](NC(=O)O)C(C)C)nc5c4)N3c3cc(F)c(N4CCC5(CC4)OCCO5)c(F)c3)ccc2[nH]1)C(C)C. The summed E-state index contributed by atoms with van der Waals surface area (Å²) in [5.41, 5.74) is 5.01. The van der Waals surface area contributed by atoms with Gasteiger partial charge in [0.1, 0.15) is 29.4 Å². The van der Waals surface area contributed by atoms with Crippen LogP contribution >= 0.6 is 0 Å². The van der Waals surface area contributed by atoms with Crippen molar-refractivity contribution in [2.24, 2.45) is 11.8 Å². The van der Waals surface area contributed by atoms with E-state index in [2.05, 4.69) is 25.5 Å². The fraction of sp³-hybridized carbons (Fsp3) is 0.538. The Bertz CT molecular complexity index is 2830. The Morgan fingerprint density at radius 1 is 0.708 bits per heavy atom. The number of fused-ring (bicyclic) bond motifs is 2. The molecule has 5 aliphatic heterocycles. The smallest absolute Gasteiger partial charge is 0.407 e. The van der Waals surface area contributed by atoms with Gasteiger partial charge in [-0.2, -0.15) is 0 Å². The number of aromatic nitrogens is 4. The molecule has 5 aliphatic rings. The molecule has 5 fully saturated rings. The first kappa shape index (κ1) is 49.1. The molecule has 4 amide bonds. The number of piperidine rings is 1. The van der Waals surface area contributed by atoms with Crippen molar-refractivity contribution in [2.45, 2.75) is 121 Å². The molecule has 0 bridgehead atoms. The number of aromatic amines is 2. The van der Waals surface area contributed by atoms with Gasteiger partial charge in [0.25, 0.3) is 0 Å². The molecule has 0 unspecified atom stereocenters. The van der Waals surface area contributed by atoms with E-state index < -0.39 is 41.7 Å². The number of hydrogen-bond acceptors (Lipinski definition) is 11. The van der Waals surface area contributed by atoms with Gasteiger partial charge in [-0.3, -0.25) is 9.59 Å². The van der Waals surface area contributed by atoms with Gasteiger partial charge in [0.05, 0.1) is 66.6 Å². The highest BCUT2D eigenvalue weighted by molar-refractivity contribution is 5.87. The second kappa shape index (κ2) is 19.8. The van der Waals surface area contributed by atoms with Crippen molar-refractivity contribution in [3.63, 3.8) is 0 Å². The Kier molecular flexibility index (Phi) is 13.5. The summed E-state index contributed by atoms with van der Waals surface area (Å²) in [5.74, 6) is -1.72. The summed E-state index contributed by atoms with van der Waals surface area (Å²) in [6.45, 7) is 10.1. The monoisotopic (exact) mass is 994 g/mol. The average molecular weight is 995 g/mol. The van der Waals surface area contributed by atoms with Crippen LogP contribution in [0.1, 0.15) is 126 Å². The molecule has 3 aromatic carbocycles. The predicted molar refractivity (Wildman–Crippen MR) is 263 cm³/mol. The first-order valence-electron chi connectivity index (χ1n) is 25.4. The number of methoxy groups -OCH3 is 1. The lowest BCUT2D eigenvalue weighted by Gasteiger charge is -2.39. The molecule has 0 aliphatic carbocycles. The van der Waals surface area contributed by atoms with Gasteiger partial charge in [0.15, 0.2) is 17.4 Å². The first-order chi connectivity index (χ1) is 34.6. The van der Waals surface area contributed by atoms with Gasteiger partial charge in [0.2, 0.25) is 11.8 Å². The van der Waals surface area contributed by atoms with Gasteiger partial charge in [-0.15, -0.1) is 0 Å². The largest absolute Gasteiger partial charge is 0.465 e. The average Bonchev–Trinajstić information content (AvgIpc) is 4.22. The standard InChI is InChI=1S/C52H64F2N10O8/c1-28(2)43(59-50(67)68)48(65)62-18-6-8-41(62)46-55-35-12-10-30(24-37(35)57-46)39-14-15-40(64(39)32-26-33(53)45(34(54)27-32)61-20-16-52(17-21-61)71-22-23-72-52)31-11-13-36-38(25-31)58-47(56-36)42-9-7-19-63(42)49(66)44(29(3)4)60-51(69)70-5/h10-13,24-29,39-44,59H,6-9,14-23H2,1-5H3,(H,55,57)(H,56,58)(H,60,69)(H,67,68)/t39-,40-,41+,42+,43+,44+/m1/s1. The van der Waals surface area contributed by atoms with E-state index in [1.165, 1.54) is 19.2 Å². The lowest BCUT2D eigenvalue weighted by molar-refractivity contribution is -0.169. The van der Waals surface area contributed by atoms with Crippen molar-refractivity contribution in [1.29, 1.82) is 0 Å². The number of H-pyrrole nitrogens is 2. The van der Waals surface area contributed by atoms with Crippen LogP contribution in [0, 0.1) is 23.5 Å². The topological polar surface area (TPSA) is 211 Å². The molecule has 5 N–H and O–H groups in total. The van der Waals surface area contributed by atoms with Crippen LogP contribution < -0.4 is 20.4 Å². The van der Waals surface area contributed by atoms with Crippen LogP contribution in [-0.4, -0.2) is 123 Å². The van der Waals surface area contributed by atoms with Crippen molar-refractivity contribution in [2.75, 3.05) is 56.3 Å². The highest BCUT2D eigenvalue weighted by Gasteiger charge is 2.43. The van der Waals surface area contributed by atoms with E-state index in [9.17, 15) is 24.3 Å².